The number of halogens is 1. The van der Waals surface area contributed by atoms with E-state index in [9.17, 15) is 4.79 Å². The van der Waals surface area contributed by atoms with Crippen LogP contribution in [0, 0.1) is 0 Å². The average Bonchev–Trinajstić information content (AvgIpc) is 2.63. The predicted octanol–water partition coefficient (Wildman–Crippen LogP) is 4.85. The molecule has 136 valence electrons. The van der Waals surface area contributed by atoms with E-state index in [-0.39, 0.29) is 11.0 Å². The predicted molar refractivity (Wildman–Crippen MR) is 112 cm³/mol. The number of nitrogens with zero attached hydrogens (tertiary/aromatic N) is 1. The molecule has 1 aliphatic rings. The van der Waals surface area contributed by atoms with E-state index in [0.717, 1.165) is 12.2 Å². The number of hydrogen-bond acceptors (Lipinski definition) is 3. The zero-order chi connectivity index (χ0) is 18.5. The van der Waals surface area contributed by atoms with Crippen LogP contribution >= 0.6 is 23.8 Å². The van der Waals surface area contributed by atoms with Gasteiger partial charge < -0.3 is 10.2 Å². The van der Waals surface area contributed by atoms with E-state index in [0.29, 0.717) is 16.6 Å². The van der Waals surface area contributed by atoms with Crippen LogP contribution in [0.25, 0.3) is 0 Å². The number of carbonyl (C=O) groups is 1. The van der Waals surface area contributed by atoms with Crippen LogP contribution in [0.2, 0.25) is 5.02 Å². The van der Waals surface area contributed by atoms with E-state index >= 15 is 0 Å². The molecule has 0 spiro atoms. The maximum atomic E-state index is 12.2. The molecule has 1 aliphatic heterocycles. The van der Waals surface area contributed by atoms with Crippen molar-refractivity contribution in [1.29, 1.82) is 0 Å². The largest absolute Gasteiger partial charge is 0.369 e. The monoisotopic (exact) mass is 387 g/mol. The van der Waals surface area contributed by atoms with E-state index in [4.69, 9.17) is 23.8 Å². The van der Waals surface area contributed by atoms with Gasteiger partial charge in [-0.1, -0.05) is 23.7 Å². The number of rotatable bonds is 3. The molecule has 1 amide bonds. The summed E-state index contributed by atoms with van der Waals surface area (Å²) >= 11 is 11.3. The summed E-state index contributed by atoms with van der Waals surface area (Å²) in [7, 11) is 0. The number of hydrogen-bond donors (Lipinski definition) is 2. The number of piperidine rings is 1. The van der Waals surface area contributed by atoms with Gasteiger partial charge in [-0.3, -0.25) is 10.1 Å². The average molecular weight is 388 g/mol. The summed E-state index contributed by atoms with van der Waals surface area (Å²) in [6.45, 7) is 3.37. The normalized spacial score (nSPS) is 16.8. The molecule has 2 aromatic carbocycles. The van der Waals surface area contributed by atoms with Gasteiger partial charge in [-0.2, -0.15) is 0 Å². The van der Waals surface area contributed by atoms with Crippen molar-refractivity contribution < 1.29 is 4.79 Å². The van der Waals surface area contributed by atoms with Crippen LogP contribution in [-0.4, -0.2) is 23.6 Å². The van der Waals surface area contributed by atoms with Crippen molar-refractivity contribution in [3.8, 4) is 0 Å². The zero-order valence-corrected chi connectivity index (χ0v) is 16.2. The molecule has 2 N–H and O–H groups in total. The van der Waals surface area contributed by atoms with Gasteiger partial charge in [0.15, 0.2) is 5.11 Å². The minimum Gasteiger partial charge on any atom is -0.369 e. The van der Waals surface area contributed by atoms with Crippen molar-refractivity contribution in [1.82, 2.24) is 5.32 Å². The fourth-order valence-electron chi connectivity index (χ4n) is 3.20. The first-order valence-corrected chi connectivity index (χ1v) is 9.57. The Hall–Kier alpha value is -2.11. The second-order valence-electron chi connectivity index (χ2n) is 6.47. The van der Waals surface area contributed by atoms with Crippen LogP contribution in [0.1, 0.15) is 36.5 Å². The number of amides is 1. The van der Waals surface area contributed by atoms with E-state index in [1.807, 2.05) is 12.1 Å². The molecular weight excluding hydrogens is 366 g/mol. The van der Waals surface area contributed by atoms with Gasteiger partial charge in [-0.05, 0) is 74.8 Å². The highest BCUT2D eigenvalue weighted by Gasteiger charge is 2.18. The van der Waals surface area contributed by atoms with Gasteiger partial charge in [0, 0.05) is 24.0 Å². The van der Waals surface area contributed by atoms with Crippen LogP contribution in [0.5, 0.6) is 0 Å². The quantitative estimate of drug-likeness (QED) is 0.739. The Balaban J connectivity index is 1.59. The molecule has 0 unspecified atom stereocenters. The molecule has 6 heteroatoms. The minimum atomic E-state index is -0.327. The fourth-order valence-corrected chi connectivity index (χ4v) is 3.63. The molecular formula is C20H22ClN3OS. The number of carbonyl (C=O) groups excluding carboxylic acids is 1. The third-order valence-electron chi connectivity index (χ3n) is 4.61. The van der Waals surface area contributed by atoms with Crippen molar-refractivity contribution in [3.05, 3.63) is 59.1 Å². The van der Waals surface area contributed by atoms with Crippen LogP contribution in [0.4, 0.5) is 11.4 Å². The van der Waals surface area contributed by atoms with Crippen molar-refractivity contribution in [2.24, 2.45) is 0 Å². The van der Waals surface area contributed by atoms with Gasteiger partial charge in [0.2, 0.25) is 0 Å². The fraction of sp³-hybridized carbons (Fsp3) is 0.300. The lowest BCUT2D eigenvalue weighted by molar-refractivity contribution is 0.0978. The zero-order valence-electron chi connectivity index (χ0n) is 14.7. The molecule has 0 bridgehead atoms. The number of benzene rings is 2. The maximum absolute atomic E-state index is 12.2. The van der Waals surface area contributed by atoms with Crippen molar-refractivity contribution in [2.75, 3.05) is 16.8 Å². The summed E-state index contributed by atoms with van der Waals surface area (Å²) in [6.07, 6.45) is 3.78. The van der Waals surface area contributed by atoms with Gasteiger partial charge in [0.25, 0.3) is 5.91 Å². The SMILES string of the molecule is C[C@@H]1CCCCN1c1ccc(NC(=S)NC(=O)c2ccccc2Cl)cc1. The minimum absolute atomic E-state index is 0.244. The Morgan fingerprint density at radius 3 is 2.58 bits per heavy atom. The number of nitrogens with one attached hydrogen (secondary N) is 2. The first-order valence-electron chi connectivity index (χ1n) is 8.78. The molecule has 2 aromatic rings. The highest BCUT2D eigenvalue weighted by atomic mass is 35.5. The number of thiocarbonyl (C=S) groups is 1. The molecule has 0 aliphatic carbocycles. The van der Waals surface area contributed by atoms with Crippen LogP contribution in [-0.2, 0) is 0 Å². The Kier molecular flexibility index (Phi) is 6.12. The first kappa shape index (κ1) is 18.7. The molecule has 26 heavy (non-hydrogen) atoms. The van der Waals surface area contributed by atoms with E-state index < -0.39 is 0 Å². The summed E-state index contributed by atoms with van der Waals surface area (Å²) in [4.78, 5) is 14.7. The van der Waals surface area contributed by atoms with Crippen molar-refractivity contribution >= 4 is 46.2 Å². The van der Waals surface area contributed by atoms with Gasteiger partial charge in [0.05, 0.1) is 10.6 Å². The Bertz CT molecular complexity index is 794. The second kappa shape index (κ2) is 8.52. The maximum Gasteiger partial charge on any atom is 0.258 e. The third kappa shape index (κ3) is 4.54. The highest BCUT2D eigenvalue weighted by Crippen LogP contribution is 2.25. The molecule has 0 aromatic heterocycles. The molecule has 4 nitrogen and oxygen atoms in total. The van der Waals surface area contributed by atoms with Gasteiger partial charge in [-0.25, -0.2) is 0 Å². The van der Waals surface area contributed by atoms with Crippen molar-refractivity contribution in [3.63, 3.8) is 0 Å². The van der Waals surface area contributed by atoms with Gasteiger partial charge in [-0.15, -0.1) is 0 Å². The standard InChI is InChI=1S/C20H22ClN3OS/c1-14-6-4-5-13-24(14)16-11-9-15(10-12-16)22-20(26)23-19(25)17-7-2-3-8-18(17)21/h2-3,7-12,14H,4-6,13H2,1H3,(H2,22,23,25,26)/t14-/m1/s1. The summed E-state index contributed by atoms with van der Waals surface area (Å²) in [5, 5.41) is 6.34. The molecule has 0 saturated carbocycles. The Morgan fingerprint density at radius 2 is 1.88 bits per heavy atom. The number of anilines is 2. The lowest BCUT2D eigenvalue weighted by atomic mass is 10.0. The molecule has 1 heterocycles. The second-order valence-corrected chi connectivity index (χ2v) is 7.29. The third-order valence-corrected chi connectivity index (χ3v) is 5.14. The molecule has 1 fully saturated rings. The van der Waals surface area contributed by atoms with Crippen LogP contribution in [0.3, 0.4) is 0 Å². The van der Waals surface area contributed by atoms with E-state index in [1.165, 1.54) is 24.9 Å². The Morgan fingerprint density at radius 1 is 1.15 bits per heavy atom. The van der Waals surface area contributed by atoms with Crippen LogP contribution in [0.15, 0.2) is 48.5 Å². The lowest BCUT2D eigenvalue weighted by Crippen LogP contribution is -2.37. The summed E-state index contributed by atoms with van der Waals surface area (Å²) in [5.74, 6) is -0.327. The summed E-state index contributed by atoms with van der Waals surface area (Å²) < 4.78 is 0. The van der Waals surface area contributed by atoms with Crippen molar-refractivity contribution in [2.45, 2.75) is 32.2 Å². The van der Waals surface area contributed by atoms with E-state index in [2.05, 4.69) is 34.6 Å². The van der Waals surface area contributed by atoms with Gasteiger partial charge >= 0.3 is 0 Å². The highest BCUT2D eigenvalue weighted by molar-refractivity contribution is 7.80. The molecule has 1 atom stereocenters. The smallest absolute Gasteiger partial charge is 0.258 e. The first-order chi connectivity index (χ1) is 12.5. The summed E-state index contributed by atoms with van der Waals surface area (Å²) in [6, 6.07) is 15.6. The van der Waals surface area contributed by atoms with E-state index in [1.54, 1.807) is 24.3 Å². The molecule has 1 saturated heterocycles. The topological polar surface area (TPSA) is 44.4 Å². The molecule has 3 rings (SSSR count). The Labute approximate surface area is 164 Å². The summed E-state index contributed by atoms with van der Waals surface area (Å²) in [5.41, 5.74) is 2.45. The lowest BCUT2D eigenvalue weighted by Gasteiger charge is -2.35. The van der Waals surface area contributed by atoms with Crippen LogP contribution < -0.4 is 15.5 Å². The molecule has 0 radical (unpaired) electrons. The van der Waals surface area contributed by atoms with Gasteiger partial charge in [0.1, 0.15) is 0 Å².